The van der Waals surface area contributed by atoms with E-state index in [9.17, 15) is 14.4 Å². The molecule has 3 aromatic carbocycles. The van der Waals surface area contributed by atoms with Gasteiger partial charge in [0, 0.05) is 4.47 Å². The van der Waals surface area contributed by atoms with Gasteiger partial charge in [0.1, 0.15) is 30.3 Å². The third kappa shape index (κ3) is 6.27. The Kier molecular flexibility index (Phi) is 8.40. The van der Waals surface area contributed by atoms with E-state index in [0.29, 0.717) is 36.1 Å². The smallest absolute Gasteiger partial charge is 0.335 e. The van der Waals surface area contributed by atoms with Crippen LogP contribution in [0.1, 0.15) is 37.3 Å². The van der Waals surface area contributed by atoms with Crippen molar-refractivity contribution < 1.29 is 23.9 Å². The number of hydrogen-bond acceptors (Lipinski definition) is 5. The maximum absolute atomic E-state index is 13.0. The van der Waals surface area contributed by atoms with Crippen molar-refractivity contribution in [3.63, 3.8) is 0 Å². The highest BCUT2D eigenvalue weighted by Crippen LogP contribution is 2.28. The predicted molar refractivity (Wildman–Crippen MR) is 146 cm³/mol. The molecule has 4 amide bonds. The molecule has 3 aromatic rings. The fourth-order valence-corrected chi connectivity index (χ4v) is 4.12. The lowest BCUT2D eigenvalue weighted by Crippen LogP contribution is -2.54. The average Bonchev–Trinajstić information content (AvgIpc) is 2.90. The molecular formula is C29H27BrN2O5. The average molecular weight is 563 g/mol. The van der Waals surface area contributed by atoms with E-state index in [2.05, 4.69) is 41.2 Å². The minimum absolute atomic E-state index is 0.135. The SMILES string of the molecule is CCC(C)c1ccccc1OCCOc1ccc(C=C2C(=O)NC(=O)N(c3ccc(Br)cc3)C2=O)cc1. The number of carbonyl (C=O) groups is 3. The van der Waals surface area contributed by atoms with Crippen molar-refractivity contribution in [2.24, 2.45) is 0 Å². The van der Waals surface area contributed by atoms with Gasteiger partial charge >= 0.3 is 6.03 Å². The summed E-state index contributed by atoms with van der Waals surface area (Å²) in [4.78, 5) is 38.7. The molecule has 1 unspecified atom stereocenters. The second kappa shape index (κ2) is 11.9. The number of urea groups is 1. The number of amides is 4. The zero-order chi connectivity index (χ0) is 26.4. The number of barbiturate groups is 1. The van der Waals surface area contributed by atoms with E-state index in [4.69, 9.17) is 9.47 Å². The van der Waals surface area contributed by atoms with Gasteiger partial charge in [-0.05, 0) is 72.0 Å². The lowest BCUT2D eigenvalue weighted by Gasteiger charge is -2.26. The van der Waals surface area contributed by atoms with E-state index in [1.54, 1.807) is 48.5 Å². The first-order valence-corrected chi connectivity index (χ1v) is 12.8. The van der Waals surface area contributed by atoms with E-state index in [-0.39, 0.29) is 5.57 Å². The molecule has 1 fully saturated rings. The number of rotatable bonds is 9. The number of halogens is 1. The molecule has 0 aliphatic carbocycles. The van der Waals surface area contributed by atoms with Crippen LogP contribution >= 0.6 is 15.9 Å². The fourth-order valence-electron chi connectivity index (χ4n) is 3.86. The van der Waals surface area contributed by atoms with Crippen LogP contribution in [0.5, 0.6) is 11.5 Å². The van der Waals surface area contributed by atoms with Gasteiger partial charge in [-0.1, -0.05) is 60.1 Å². The summed E-state index contributed by atoms with van der Waals surface area (Å²) in [6.45, 7) is 5.09. The molecule has 1 aliphatic rings. The van der Waals surface area contributed by atoms with E-state index in [1.165, 1.54) is 11.6 Å². The molecule has 1 N–H and O–H groups in total. The van der Waals surface area contributed by atoms with Crippen molar-refractivity contribution >= 4 is 45.5 Å². The summed E-state index contributed by atoms with van der Waals surface area (Å²) < 4.78 is 12.5. The summed E-state index contributed by atoms with van der Waals surface area (Å²) in [6, 6.07) is 20.9. The molecule has 0 saturated carbocycles. The molecule has 190 valence electrons. The molecule has 7 nitrogen and oxygen atoms in total. The van der Waals surface area contributed by atoms with Crippen molar-refractivity contribution in [2.45, 2.75) is 26.2 Å². The van der Waals surface area contributed by atoms with Crippen LogP contribution in [0.3, 0.4) is 0 Å². The summed E-state index contributed by atoms with van der Waals surface area (Å²) >= 11 is 3.33. The van der Waals surface area contributed by atoms with Gasteiger partial charge in [-0.25, -0.2) is 9.69 Å². The number of carbonyl (C=O) groups excluding carboxylic acids is 3. The maximum Gasteiger partial charge on any atom is 0.335 e. The third-order valence-corrected chi connectivity index (χ3v) is 6.58. The van der Waals surface area contributed by atoms with E-state index < -0.39 is 17.8 Å². The molecule has 0 spiro atoms. The molecule has 0 bridgehead atoms. The lowest BCUT2D eigenvalue weighted by atomic mass is 9.98. The molecule has 1 saturated heterocycles. The minimum Gasteiger partial charge on any atom is -0.490 e. The molecule has 1 heterocycles. The molecule has 1 atom stereocenters. The van der Waals surface area contributed by atoms with Crippen LogP contribution < -0.4 is 19.7 Å². The first-order valence-electron chi connectivity index (χ1n) is 12.0. The second-order valence-corrected chi connectivity index (χ2v) is 9.46. The standard InChI is InChI=1S/C29H27BrN2O5/c1-3-19(2)24-6-4-5-7-26(24)37-17-16-36-23-14-8-20(9-15-23)18-25-27(33)31-29(35)32(28(25)34)22-12-10-21(30)11-13-22/h4-15,18-19H,3,16-17H2,1-2H3,(H,31,33,35). The molecule has 4 rings (SSSR count). The minimum atomic E-state index is -0.785. The Morgan fingerprint density at radius 3 is 2.30 bits per heavy atom. The number of nitrogens with zero attached hydrogens (tertiary/aromatic N) is 1. The topological polar surface area (TPSA) is 84.9 Å². The summed E-state index contributed by atoms with van der Waals surface area (Å²) in [5.41, 5.74) is 2.03. The van der Waals surface area contributed by atoms with E-state index >= 15 is 0 Å². The monoisotopic (exact) mass is 562 g/mol. The molecular weight excluding hydrogens is 536 g/mol. The van der Waals surface area contributed by atoms with Gasteiger partial charge in [-0.2, -0.15) is 0 Å². The number of anilines is 1. The highest BCUT2D eigenvalue weighted by atomic mass is 79.9. The van der Waals surface area contributed by atoms with Crippen LogP contribution in [-0.4, -0.2) is 31.1 Å². The predicted octanol–water partition coefficient (Wildman–Crippen LogP) is 6.09. The Morgan fingerprint density at radius 1 is 0.919 bits per heavy atom. The van der Waals surface area contributed by atoms with Gasteiger partial charge < -0.3 is 9.47 Å². The number of hydrogen-bond donors (Lipinski definition) is 1. The number of benzene rings is 3. The zero-order valence-corrected chi connectivity index (χ0v) is 22.2. The number of ether oxygens (including phenoxy) is 2. The molecule has 8 heteroatoms. The molecule has 0 radical (unpaired) electrons. The van der Waals surface area contributed by atoms with Gasteiger partial charge in [0.15, 0.2) is 0 Å². The van der Waals surface area contributed by atoms with Crippen LogP contribution in [0, 0.1) is 0 Å². The Labute approximate surface area is 224 Å². The lowest BCUT2D eigenvalue weighted by molar-refractivity contribution is -0.122. The Bertz CT molecular complexity index is 1320. The van der Waals surface area contributed by atoms with Crippen LogP contribution in [0.4, 0.5) is 10.5 Å². The number of nitrogens with one attached hydrogen (secondary N) is 1. The van der Waals surface area contributed by atoms with Crippen LogP contribution in [0.2, 0.25) is 0 Å². The van der Waals surface area contributed by atoms with E-state index in [1.807, 2.05) is 18.2 Å². The first kappa shape index (κ1) is 26.2. The second-order valence-electron chi connectivity index (χ2n) is 8.55. The van der Waals surface area contributed by atoms with Gasteiger partial charge in [0.25, 0.3) is 11.8 Å². The van der Waals surface area contributed by atoms with Gasteiger partial charge in [-0.3, -0.25) is 14.9 Å². The van der Waals surface area contributed by atoms with Crippen molar-refractivity contribution in [1.29, 1.82) is 0 Å². The highest BCUT2D eigenvalue weighted by Gasteiger charge is 2.36. The Hall–Kier alpha value is -3.91. The van der Waals surface area contributed by atoms with E-state index in [0.717, 1.165) is 21.5 Å². The highest BCUT2D eigenvalue weighted by molar-refractivity contribution is 9.10. The van der Waals surface area contributed by atoms with Crippen LogP contribution in [0.25, 0.3) is 6.08 Å². The zero-order valence-electron chi connectivity index (χ0n) is 20.6. The van der Waals surface area contributed by atoms with Crippen molar-refractivity contribution in [3.05, 3.63) is 94.0 Å². The fraction of sp³-hybridized carbons (Fsp3) is 0.207. The molecule has 1 aliphatic heterocycles. The number of imide groups is 2. The maximum atomic E-state index is 13.0. The van der Waals surface area contributed by atoms with Gasteiger partial charge in [-0.15, -0.1) is 0 Å². The summed E-state index contributed by atoms with van der Waals surface area (Å²) in [6.07, 6.45) is 2.49. The third-order valence-electron chi connectivity index (χ3n) is 6.05. The number of para-hydroxylation sites is 1. The quantitative estimate of drug-likeness (QED) is 0.194. The van der Waals surface area contributed by atoms with Crippen molar-refractivity contribution in [2.75, 3.05) is 18.1 Å². The van der Waals surface area contributed by atoms with Crippen molar-refractivity contribution in [1.82, 2.24) is 5.32 Å². The first-order chi connectivity index (χ1) is 17.9. The summed E-state index contributed by atoms with van der Waals surface area (Å²) in [5.74, 6) is 0.488. The Morgan fingerprint density at radius 2 is 1.59 bits per heavy atom. The van der Waals surface area contributed by atoms with Gasteiger partial charge in [0.2, 0.25) is 0 Å². The Balaban J connectivity index is 1.38. The normalized spacial score (nSPS) is 15.5. The summed E-state index contributed by atoms with van der Waals surface area (Å²) in [5, 5.41) is 2.23. The van der Waals surface area contributed by atoms with Crippen molar-refractivity contribution in [3.8, 4) is 11.5 Å². The largest absolute Gasteiger partial charge is 0.490 e. The summed E-state index contributed by atoms with van der Waals surface area (Å²) in [7, 11) is 0. The molecule has 0 aromatic heterocycles. The van der Waals surface area contributed by atoms with Crippen LogP contribution in [-0.2, 0) is 9.59 Å². The van der Waals surface area contributed by atoms with Gasteiger partial charge in [0.05, 0.1) is 5.69 Å². The van der Waals surface area contributed by atoms with Crippen LogP contribution in [0.15, 0.2) is 82.8 Å². The molecule has 37 heavy (non-hydrogen) atoms.